The first-order valence-corrected chi connectivity index (χ1v) is 23.3. The van der Waals surface area contributed by atoms with Gasteiger partial charge in [-0.05, 0) is 96.3 Å². The molecule has 0 aliphatic carbocycles. The Morgan fingerprint density at radius 3 is 1.21 bits per heavy atom. The topological polar surface area (TPSA) is 78.9 Å². The largest absolute Gasteiger partial charge is 0.462 e. The van der Waals surface area contributed by atoms with Crippen LogP contribution in [-0.2, 0) is 28.6 Å². The van der Waals surface area contributed by atoms with E-state index in [1.165, 1.54) is 83.5 Å². The van der Waals surface area contributed by atoms with E-state index in [4.69, 9.17) is 14.2 Å². The number of carbonyl (C=O) groups is 3. The molecule has 0 saturated heterocycles. The molecule has 1 atom stereocenters. The highest BCUT2D eigenvalue weighted by Crippen LogP contribution is 2.13. The summed E-state index contributed by atoms with van der Waals surface area (Å²) in [7, 11) is 0. The Labute approximate surface area is 345 Å². The van der Waals surface area contributed by atoms with Gasteiger partial charge in [0.2, 0.25) is 0 Å². The average Bonchev–Trinajstić information content (AvgIpc) is 3.19. The normalized spacial score (nSPS) is 12.6. The van der Waals surface area contributed by atoms with E-state index in [-0.39, 0.29) is 31.1 Å². The maximum atomic E-state index is 12.7. The lowest BCUT2D eigenvalue weighted by atomic mass is 10.1. The number of hydrogen-bond acceptors (Lipinski definition) is 6. The monoisotopic (exact) mass is 783 g/mol. The Balaban J connectivity index is 4.41. The number of esters is 3. The molecular formula is C50H86O6. The fraction of sp³-hybridized carbons (Fsp3) is 0.740. The first-order valence-electron chi connectivity index (χ1n) is 23.3. The van der Waals surface area contributed by atoms with Gasteiger partial charge in [-0.25, -0.2) is 0 Å². The van der Waals surface area contributed by atoms with E-state index < -0.39 is 6.10 Å². The van der Waals surface area contributed by atoms with Crippen molar-refractivity contribution >= 4 is 17.9 Å². The second-order valence-electron chi connectivity index (χ2n) is 15.3. The predicted octanol–water partition coefficient (Wildman–Crippen LogP) is 14.9. The third-order valence-corrected chi connectivity index (χ3v) is 9.73. The van der Waals surface area contributed by atoms with Gasteiger partial charge in [0.15, 0.2) is 6.10 Å². The van der Waals surface area contributed by atoms with Gasteiger partial charge in [0, 0.05) is 19.3 Å². The third kappa shape index (κ3) is 42.3. The van der Waals surface area contributed by atoms with Crippen LogP contribution in [0.4, 0.5) is 0 Å². The van der Waals surface area contributed by atoms with Gasteiger partial charge in [0.25, 0.3) is 0 Å². The maximum Gasteiger partial charge on any atom is 0.306 e. The molecule has 0 aromatic carbocycles. The first-order chi connectivity index (χ1) is 27.5. The van der Waals surface area contributed by atoms with Crippen molar-refractivity contribution in [3.63, 3.8) is 0 Å². The molecule has 0 spiro atoms. The van der Waals surface area contributed by atoms with Gasteiger partial charge in [-0.15, -0.1) is 0 Å². The average molecular weight is 783 g/mol. The van der Waals surface area contributed by atoms with Crippen LogP contribution in [0.1, 0.15) is 220 Å². The van der Waals surface area contributed by atoms with Crippen LogP contribution >= 0.6 is 0 Å². The molecule has 0 heterocycles. The number of rotatable bonds is 41. The minimum atomic E-state index is -0.795. The number of hydrogen-bond donors (Lipinski definition) is 0. The number of carbonyl (C=O) groups excluding carboxylic acids is 3. The molecule has 322 valence electrons. The summed E-state index contributed by atoms with van der Waals surface area (Å²) in [6.07, 6.45) is 53.5. The van der Waals surface area contributed by atoms with Crippen molar-refractivity contribution in [3.8, 4) is 0 Å². The van der Waals surface area contributed by atoms with E-state index in [9.17, 15) is 14.4 Å². The standard InChI is InChI=1S/C50H86O6/c1-4-7-10-13-16-19-21-23-24-25-27-28-31-34-37-40-43-49(52)55-46-47(45-54-48(51)42-39-36-33-30-18-15-12-9-6-3)56-50(53)44-41-38-35-32-29-26-22-20-17-14-11-8-5-2/h7,10,16,19,23-24,26,29-30,33,47H,4-6,8-9,11-15,17-18,20-22,25,27-28,31-32,34-46H2,1-3H3/b10-7-,19-16-,24-23-,29-26-,33-30-. The van der Waals surface area contributed by atoms with Gasteiger partial charge < -0.3 is 14.2 Å². The van der Waals surface area contributed by atoms with Crippen molar-refractivity contribution in [1.29, 1.82) is 0 Å². The minimum absolute atomic E-state index is 0.0960. The third-order valence-electron chi connectivity index (χ3n) is 9.73. The second kappa shape index (κ2) is 44.8. The quantitative estimate of drug-likeness (QED) is 0.0266. The SMILES string of the molecule is CC/C=C\C/C=C\C/C=C\CCCCCCCCC(=O)OCC(COC(=O)CCC/C=C\CCCCCC)OC(=O)CCCCC/C=C\CCCCCCCC. The van der Waals surface area contributed by atoms with Crippen LogP contribution in [0.5, 0.6) is 0 Å². The first kappa shape index (κ1) is 53.1. The van der Waals surface area contributed by atoms with Crippen LogP contribution in [0.15, 0.2) is 60.8 Å². The molecule has 0 aromatic heterocycles. The summed E-state index contributed by atoms with van der Waals surface area (Å²) in [5.41, 5.74) is 0. The van der Waals surface area contributed by atoms with Crippen molar-refractivity contribution in [2.24, 2.45) is 0 Å². The highest BCUT2D eigenvalue weighted by atomic mass is 16.6. The second-order valence-corrected chi connectivity index (χ2v) is 15.3. The molecule has 0 fully saturated rings. The zero-order chi connectivity index (χ0) is 40.8. The van der Waals surface area contributed by atoms with Crippen molar-refractivity contribution in [2.45, 2.75) is 226 Å². The van der Waals surface area contributed by atoms with Gasteiger partial charge in [-0.1, -0.05) is 165 Å². The fourth-order valence-electron chi connectivity index (χ4n) is 6.22. The van der Waals surface area contributed by atoms with Gasteiger partial charge in [-0.2, -0.15) is 0 Å². The van der Waals surface area contributed by atoms with Gasteiger partial charge in [0.1, 0.15) is 13.2 Å². The molecule has 0 saturated carbocycles. The summed E-state index contributed by atoms with van der Waals surface area (Å²) in [6, 6.07) is 0. The highest BCUT2D eigenvalue weighted by molar-refractivity contribution is 5.71. The van der Waals surface area contributed by atoms with Crippen molar-refractivity contribution in [2.75, 3.05) is 13.2 Å². The van der Waals surface area contributed by atoms with E-state index in [1.54, 1.807) is 0 Å². The molecule has 0 amide bonds. The van der Waals surface area contributed by atoms with Crippen LogP contribution in [0.3, 0.4) is 0 Å². The zero-order valence-electron chi connectivity index (χ0n) is 36.6. The minimum Gasteiger partial charge on any atom is -0.462 e. The number of ether oxygens (including phenoxy) is 3. The van der Waals surface area contributed by atoms with Crippen molar-refractivity contribution < 1.29 is 28.6 Å². The van der Waals surface area contributed by atoms with E-state index >= 15 is 0 Å². The summed E-state index contributed by atoms with van der Waals surface area (Å²) in [4.78, 5) is 37.7. The van der Waals surface area contributed by atoms with Gasteiger partial charge in [-0.3, -0.25) is 14.4 Å². The zero-order valence-corrected chi connectivity index (χ0v) is 36.6. The molecular weight excluding hydrogens is 697 g/mol. The molecule has 0 radical (unpaired) electrons. The molecule has 0 bridgehead atoms. The molecule has 1 unspecified atom stereocenters. The Bertz CT molecular complexity index is 1040. The molecule has 6 heteroatoms. The Hall–Kier alpha value is -2.89. The molecule has 0 N–H and O–H groups in total. The Kier molecular flexibility index (Phi) is 42.5. The van der Waals surface area contributed by atoms with E-state index in [0.29, 0.717) is 25.7 Å². The fourth-order valence-corrected chi connectivity index (χ4v) is 6.22. The van der Waals surface area contributed by atoms with Gasteiger partial charge >= 0.3 is 17.9 Å². The predicted molar refractivity (Wildman–Crippen MR) is 238 cm³/mol. The van der Waals surface area contributed by atoms with Crippen LogP contribution in [-0.4, -0.2) is 37.2 Å². The van der Waals surface area contributed by atoms with E-state index in [1.807, 2.05) is 0 Å². The molecule has 0 aromatic rings. The molecule has 0 rings (SSSR count). The molecule has 0 aliphatic rings. The molecule has 0 aliphatic heterocycles. The summed E-state index contributed by atoms with van der Waals surface area (Å²) in [5.74, 6) is -0.964. The lowest BCUT2D eigenvalue weighted by Crippen LogP contribution is -2.30. The van der Waals surface area contributed by atoms with Crippen molar-refractivity contribution in [3.05, 3.63) is 60.8 Å². The van der Waals surface area contributed by atoms with Crippen molar-refractivity contribution in [1.82, 2.24) is 0 Å². The van der Waals surface area contributed by atoms with Crippen LogP contribution in [0, 0.1) is 0 Å². The molecule has 56 heavy (non-hydrogen) atoms. The lowest BCUT2D eigenvalue weighted by molar-refractivity contribution is -0.167. The Morgan fingerprint density at radius 2 is 0.714 bits per heavy atom. The summed E-state index contributed by atoms with van der Waals surface area (Å²) in [5, 5.41) is 0. The van der Waals surface area contributed by atoms with Crippen LogP contribution in [0.2, 0.25) is 0 Å². The van der Waals surface area contributed by atoms with E-state index in [2.05, 4.69) is 81.5 Å². The smallest absolute Gasteiger partial charge is 0.306 e. The highest BCUT2D eigenvalue weighted by Gasteiger charge is 2.19. The summed E-state index contributed by atoms with van der Waals surface area (Å²) in [6.45, 7) is 6.42. The van der Waals surface area contributed by atoms with E-state index in [0.717, 1.165) is 89.9 Å². The van der Waals surface area contributed by atoms with Crippen LogP contribution in [0.25, 0.3) is 0 Å². The van der Waals surface area contributed by atoms with Crippen LogP contribution < -0.4 is 0 Å². The van der Waals surface area contributed by atoms with Gasteiger partial charge in [0.05, 0.1) is 0 Å². The number of unbranched alkanes of at least 4 members (excludes halogenated alkanes) is 20. The molecule has 6 nitrogen and oxygen atoms in total. The maximum absolute atomic E-state index is 12.7. The summed E-state index contributed by atoms with van der Waals surface area (Å²) < 4.78 is 16.6. The number of allylic oxidation sites excluding steroid dienone is 10. The summed E-state index contributed by atoms with van der Waals surface area (Å²) >= 11 is 0. The lowest BCUT2D eigenvalue weighted by Gasteiger charge is -2.18. The Morgan fingerprint density at radius 1 is 0.375 bits per heavy atom.